The Morgan fingerprint density at radius 3 is 2.13 bits per heavy atom. The highest BCUT2D eigenvalue weighted by Gasteiger charge is 2.35. The van der Waals surface area contributed by atoms with Crippen molar-refractivity contribution >= 4 is 50.7 Å². The molecule has 0 radical (unpaired) electrons. The highest BCUT2D eigenvalue weighted by Crippen LogP contribution is 2.33. The van der Waals surface area contributed by atoms with Gasteiger partial charge in [-0.25, -0.2) is 12.8 Å². The van der Waals surface area contributed by atoms with E-state index in [9.17, 15) is 18.0 Å². The number of sulfonamides is 1. The Morgan fingerprint density at radius 1 is 0.867 bits per heavy atom. The summed E-state index contributed by atoms with van der Waals surface area (Å²) >= 11 is 12.7. The molecule has 0 heterocycles. The number of hydrogen-bond acceptors (Lipinski definition) is 4. The van der Waals surface area contributed by atoms with Crippen LogP contribution in [0, 0.1) is 11.7 Å². The lowest BCUT2D eigenvalue weighted by Crippen LogP contribution is -2.53. The SMILES string of the molecule is CC(C)CNC(=O)[C@@H](Cc1ccccc1)N(Cc1ccccc1F)C(=O)CN(c1cc(Cl)ccc1Cl)S(=O)(=O)c1ccccc1. The normalized spacial score (nSPS) is 12.0. The summed E-state index contributed by atoms with van der Waals surface area (Å²) in [5.41, 5.74) is 0.912. The first-order valence-corrected chi connectivity index (χ1v) is 16.5. The molecule has 4 rings (SSSR count). The van der Waals surface area contributed by atoms with E-state index in [1.807, 2.05) is 44.2 Å². The molecule has 2 amide bonds. The lowest BCUT2D eigenvalue weighted by atomic mass is 10.0. The largest absolute Gasteiger partial charge is 0.354 e. The van der Waals surface area contributed by atoms with E-state index in [0.717, 1.165) is 9.87 Å². The minimum Gasteiger partial charge on any atom is -0.354 e. The van der Waals surface area contributed by atoms with Gasteiger partial charge < -0.3 is 10.2 Å². The molecule has 0 saturated heterocycles. The van der Waals surface area contributed by atoms with E-state index in [1.54, 1.807) is 24.3 Å². The van der Waals surface area contributed by atoms with Gasteiger partial charge in [0.2, 0.25) is 11.8 Å². The third kappa shape index (κ3) is 8.84. The maximum absolute atomic E-state index is 15.0. The summed E-state index contributed by atoms with van der Waals surface area (Å²) in [6.07, 6.45) is 0.105. The van der Waals surface area contributed by atoms with Crippen molar-refractivity contribution in [2.75, 3.05) is 17.4 Å². The quantitative estimate of drug-likeness (QED) is 0.171. The van der Waals surface area contributed by atoms with Crippen LogP contribution in [0.4, 0.5) is 10.1 Å². The van der Waals surface area contributed by atoms with Crippen LogP contribution >= 0.6 is 23.2 Å². The van der Waals surface area contributed by atoms with Crippen molar-refractivity contribution in [2.45, 2.75) is 37.8 Å². The molecule has 0 aromatic heterocycles. The van der Waals surface area contributed by atoms with Gasteiger partial charge in [-0.05, 0) is 47.9 Å². The Bertz CT molecular complexity index is 1720. The number of amides is 2. The van der Waals surface area contributed by atoms with Crippen molar-refractivity contribution in [3.05, 3.63) is 130 Å². The Hall–Kier alpha value is -3.92. The fourth-order valence-electron chi connectivity index (χ4n) is 4.70. The number of nitrogens with one attached hydrogen (secondary N) is 1. The van der Waals surface area contributed by atoms with E-state index in [1.165, 1.54) is 53.4 Å². The number of benzene rings is 4. The molecule has 0 spiro atoms. The van der Waals surface area contributed by atoms with Crippen LogP contribution in [0.1, 0.15) is 25.0 Å². The summed E-state index contributed by atoms with van der Waals surface area (Å²) < 4.78 is 44.0. The first-order chi connectivity index (χ1) is 21.5. The second-order valence-electron chi connectivity index (χ2n) is 10.9. The lowest BCUT2D eigenvalue weighted by Gasteiger charge is -2.34. The van der Waals surface area contributed by atoms with Crippen LogP contribution in [0.5, 0.6) is 0 Å². The van der Waals surface area contributed by atoms with Gasteiger partial charge in [-0.3, -0.25) is 13.9 Å². The van der Waals surface area contributed by atoms with Crippen LogP contribution < -0.4 is 9.62 Å². The molecular weight excluding hydrogens is 636 g/mol. The predicted octanol–water partition coefficient (Wildman–Crippen LogP) is 6.74. The zero-order valence-electron chi connectivity index (χ0n) is 24.9. The van der Waals surface area contributed by atoms with Gasteiger partial charge in [0.25, 0.3) is 10.0 Å². The lowest BCUT2D eigenvalue weighted by molar-refractivity contribution is -0.140. The van der Waals surface area contributed by atoms with Crippen LogP contribution in [0.15, 0.2) is 108 Å². The van der Waals surface area contributed by atoms with E-state index in [2.05, 4.69) is 5.32 Å². The molecule has 7 nitrogen and oxygen atoms in total. The first-order valence-electron chi connectivity index (χ1n) is 14.3. The highest BCUT2D eigenvalue weighted by atomic mass is 35.5. The fourth-order valence-corrected chi connectivity index (χ4v) is 6.58. The third-order valence-corrected chi connectivity index (χ3v) is 9.37. The van der Waals surface area contributed by atoms with Gasteiger partial charge in [0, 0.05) is 30.1 Å². The summed E-state index contributed by atoms with van der Waals surface area (Å²) in [5, 5.41) is 3.15. The predicted molar refractivity (Wildman–Crippen MR) is 176 cm³/mol. The van der Waals surface area contributed by atoms with Crippen LogP contribution in [-0.4, -0.2) is 44.3 Å². The topological polar surface area (TPSA) is 86.8 Å². The van der Waals surface area contributed by atoms with E-state index >= 15 is 4.39 Å². The minimum absolute atomic E-state index is 0.0175. The molecule has 0 bridgehead atoms. The van der Waals surface area contributed by atoms with Crippen molar-refractivity contribution in [3.8, 4) is 0 Å². The number of anilines is 1. The van der Waals surface area contributed by atoms with Crippen LogP contribution in [0.3, 0.4) is 0 Å². The Balaban J connectivity index is 1.83. The van der Waals surface area contributed by atoms with Gasteiger partial charge in [0.15, 0.2) is 0 Å². The fraction of sp³-hybridized carbons (Fsp3) is 0.235. The molecular formula is C34H34Cl2FN3O4S. The van der Waals surface area contributed by atoms with Gasteiger partial charge in [0.1, 0.15) is 18.4 Å². The summed E-state index contributed by atoms with van der Waals surface area (Å²) in [6, 6.07) is 25.8. The average Bonchev–Trinajstić information content (AvgIpc) is 3.03. The first kappa shape index (κ1) is 34.0. The van der Waals surface area contributed by atoms with E-state index in [4.69, 9.17) is 23.2 Å². The molecule has 1 N–H and O–H groups in total. The van der Waals surface area contributed by atoms with Crippen LogP contribution in [0.2, 0.25) is 10.0 Å². The Labute approximate surface area is 273 Å². The monoisotopic (exact) mass is 669 g/mol. The molecule has 4 aromatic carbocycles. The number of carbonyl (C=O) groups excluding carboxylic acids is 2. The molecule has 0 unspecified atom stereocenters. The second-order valence-corrected chi connectivity index (χ2v) is 13.6. The molecule has 236 valence electrons. The Kier molecular flexibility index (Phi) is 11.6. The number of halogens is 3. The number of hydrogen-bond donors (Lipinski definition) is 1. The molecule has 0 aliphatic heterocycles. The number of nitrogens with zero attached hydrogens (tertiary/aromatic N) is 2. The van der Waals surface area contributed by atoms with E-state index in [-0.39, 0.29) is 45.1 Å². The van der Waals surface area contributed by atoms with Gasteiger partial charge in [-0.15, -0.1) is 0 Å². The molecule has 45 heavy (non-hydrogen) atoms. The average molecular weight is 671 g/mol. The zero-order chi connectivity index (χ0) is 32.6. The third-order valence-electron chi connectivity index (χ3n) is 7.04. The standard InChI is InChI=1S/C34H34Cl2FN3O4S/c1-24(2)21-38-34(42)32(19-25-11-5-3-6-12-25)39(22-26-13-9-10-16-30(26)37)33(41)23-40(31-20-27(35)17-18-29(31)36)45(43,44)28-14-7-4-8-15-28/h3-18,20,24,32H,19,21-23H2,1-2H3,(H,38,42)/t32-/m1/s1. The molecule has 4 aromatic rings. The molecule has 0 fully saturated rings. The molecule has 11 heteroatoms. The molecule has 0 aliphatic carbocycles. The van der Waals surface area contributed by atoms with Crippen molar-refractivity contribution in [1.82, 2.24) is 10.2 Å². The van der Waals surface area contributed by atoms with Crippen LogP contribution in [0.25, 0.3) is 0 Å². The van der Waals surface area contributed by atoms with E-state index in [0.29, 0.717) is 6.54 Å². The van der Waals surface area contributed by atoms with Crippen molar-refractivity contribution in [2.24, 2.45) is 5.92 Å². The maximum atomic E-state index is 15.0. The summed E-state index contributed by atoms with van der Waals surface area (Å²) in [7, 11) is -4.36. The minimum atomic E-state index is -4.36. The van der Waals surface area contributed by atoms with Gasteiger partial charge in [-0.1, -0.05) is 104 Å². The van der Waals surface area contributed by atoms with Crippen molar-refractivity contribution < 1.29 is 22.4 Å². The molecule has 0 saturated carbocycles. The van der Waals surface area contributed by atoms with Crippen molar-refractivity contribution in [3.63, 3.8) is 0 Å². The zero-order valence-corrected chi connectivity index (χ0v) is 27.2. The Morgan fingerprint density at radius 2 is 1.49 bits per heavy atom. The van der Waals surface area contributed by atoms with Crippen molar-refractivity contribution in [1.29, 1.82) is 0 Å². The molecule has 0 aliphatic rings. The summed E-state index contributed by atoms with van der Waals surface area (Å²) in [6.45, 7) is 3.19. The maximum Gasteiger partial charge on any atom is 0.264 e. The number of rotatable bonds is 13. The highest BCUT2D eigenvalue weighted by molar-refractivity contribution is 7.92. The summed E-state index contributed by atoms with van der Waals surface area (Å²) in [5.74, 6) is -1.63. The number of carbonyl (C=O) groups is 2. The smallest absolute Gasteiger partial charge is 0.264 e. The summed E-state index contributed by atoms with van der Waals surface area (Å²) in [4.78, 5) is 29.4. The van der Waals surface area contributed by atoms with Crippen LogP contribution in [-0.2, 0) is 32.6 Å². The van der Waals surface area contributed by atoms with Gasteiger partial charge >= 0.3 is 0 Å². The second kappa shape index (κ2) is 15.4. The van der Waals surface area contributed by atoms with E-state index < -0.39 is 40.2 Å². The van der Waals surface area contributed by atoms with Gasteiger partial charge in [-0.2, -0.15) is 0 Å². The van der Waals surface area contributed by atoms with Gasteiger partial charge in [0.05, 0.1) is 15.6 Å². The molecule has 1 atom stereocenters.